The number of anilines is 1. The summed E-state index contributed by atoms with van der Waals surface area (Å²) in [6, 6.07) is 7.24. The molecule has 1 aromatic heterocycles. The Hall–Kier alpha value is -2.31. The van der Waals surface area contributed by atoms with Crippen LogP contribution >= 0.6 is 35.3 Å². The Morgan fingerprint density at radius 2 is 2.13 bits per heavy atom. The second-order valence-corrected chi connectivity index (χ2v) is 8.84. The number of benzene rings is 1. The van der Waals surface area contributed by atoms with Crippen molar-refractivity contribution in [3.05, 3.63) is 46.3 Å². The lowest BCUT2D eigenvalue weighted by atomic mass is 10.2. The van der Waals surface area contributed by atoms with Crippen LogP contribution in [0.25, 0.3) is 6.08 Å². The number of nitrogens with one attached hydrogen (secondary N) is 1. The number of rotatable bonds is 6. The van der Waals surface area contributed by atoms with Gasteiger partial charge in [-0.15, -0.1) is 11.3 Å². The zero-order chi connectivity index (χ0) is 20.9. The Balaban J connectivity index is 1.45. The highest BCUT2D eigenvalue weighted by molar-refractivity contribution is 8.26. The lowest BCUT2D eigenvalue weighted by Crippen LogP contribution is -2.50. The monoisotopic (exact) mass is 462 g/mol. The number of carbonyl (C=O) groups excluding carboxylic acids is 2. The molecule has 0 aliphatic carbocycles. The van der Waals surface area contributed by atoms with Gasteiger partial charge in [0.05, 0.1) is 18.1 Å². The molecule has 1 aromatic carbocycles. The highest BCUT2D eigenvalue weighted by Crippen LogP contribution is 2.35. The normalized spacial score (nSPS) is 18.8. The maximum atomic E-state index is 12.9. The summed E-state index contributed by atoms with van der Waals surface area (Å²) in [6.07, 6.45) is 3.36. The van der Waals surface area contributed by atoms with Crippen LogP contribution in [0.2, 0.25) is 0 Å². The van der Waals surface area contributed by atoms with E-state index < -0.39 is 0 Å². The summed E-state index contributed by atoms with van der Waals surface area (Å²) < 4.78 is 11.5. The molecule has 30 heavy (non-hydrogen) atoms. The second-order valence-electron chi connectivity index (χ2n) is 6.27. The van der Waals surface area contributed by atoms with Crippen LogP contribution in [-0.2, 0) is 14.3 Å². The molecule has 4 rings (SSSR count). The SMILES string of the molecule is O=C(COc1ccccc1C=C1SC(=S)N(N2CCOCC2)C1=O)Nc1nccs1. The molecule has 3 heterocycles. The molecule has 2 fully saturated rings. The van der Waals surface area contributed by atoms with E-state index in [0.717, 1.165) is 0 Å². The predicted molar refractivity (Wildman–Crippen MR) is 120 cm³/mol. The molecule has 156 valence electrons. The van der Waals surface area contributed by atoms with E-state index in [-0.39, 0.29) is 18.4 Å². The molecule has 0 saturated carbocycles. The largest absolute Gasteiger partial charge is 0.483 e. The Labute approximate surface area is 186 Å². The minimum absolute atomic E-state index is 0.164. The Bertz CT molecular complexity index is 974. The van der Waals surface area contributed by atoms with Gasteiger partial charge in [0.2, 0.25) is 0 Å². The number of carbonyl (C=O) groups is 2. The second kappa shape index (κ2) is 9.67. The molecule has 0 bridgehead atoms. The van der Waals surface area contributed by atoms with Crippen molar-refractivity contribution in [3.63, 3.8) is 0 Å². The molecule has 1 N–H and O–H groups in total. The van der Waals surface area contributed by atoms with E-state index in [9.17, 15) is 9.59 Å². The van der Waals surface area contributed by atoms with E-state index in [1.54, 1.807) is 28.7 Å². The molecule has 0 unspecified atom stereocenters. The van der Waals surface area contributed by atoms with Crippen molar-refractivity contribution >= 4 is 62.7 Å². The third-order valence-corrected chi connectivity index (χ3v) is 6.26. The van der Waals surface area contributed by atoms with Crippen LogP contribution in [0.5, 0.6) is 5.75 Å². The lowest BCUT2D eigenvalue weighted by Gasteiger charge is -2.33. The van der Waals surface area contributed by atoms with Gasteiger partial charge >= 0.3 is 0 Å². The molecule has 2 amide bonds. The standard InChI is InChI=1S/C19H18N4O4S3/c24-16(21-18-20-5-10-29-18)12-27-14-4-2-1-3-13(14)11-15-17(25)23(19(28)30-15)22-6-8-26-9-7-22/h1-5,10-11H,6-9,12H2,(H,20,21,24). The number of nitrogens with zero attached hydrogens (tertiary/aromatic N) is 3. The zero-order valence-corrected chi connectivity index (χ0v) is 18.2. The highest BCUT2D eigenvalue weighted by Gasteiger charge is 2.37. The van der Waals surface area contributed by atoms with Gasteiger partial charge in [-0.1, -0.05) is 42.2 Å². The first kappa shape index (κ1) is 20.9. The van der Waals surface area contributed by atoms with E-state index >= 15 is 0 Å². The molecular weight excluding hydrogens is 444 g/mol. The van der Waals surface area contributed by atoms with Crippen molar-refractivity contribution in [1.29, 1.82) is 0 Å². The smallest absolute Gasteiger partial charge is 0.280 e. The van der Waals surface area contributed by atoms with Gasteiger partial charge in [0.1, 0.15) is 5.75 Å². The molecular formula is C19H18N4O4S3. The summed E-state index contributed by atoms with van der Waals surface area (Å²) in [4.78, 5) is 29.5. The number of morpholine rings is 1. The molecule has 0 atom stereocenters. The van der Waals surface area contributed by atoms with Crippen LogP contribution in [-0.4, -0.2) is 64.0 Å². The van der Waals surface area contributed by atoms with Gasteiger partial charge in [-0.25, -0.2) is 15.0 Å². The summed E-state index contributed by atoms with van der Waals surface area (Å²) in [7, 11) is 0. The summed E-state index contributed by atoms with van der Waals surface area (Å²) >= 11 is 8.00. The molecule has 11 heteroatoms. The number of ether oxygens (including phenoxy) is 2. The fraction of sp³-hybridized carbons (Fsp3) is 0.263. The van der Waals surface area contributed by atoms with Crippen LogP contribution in [0.1, 0.15) is 5.56 Å². The maximum absolute atomic E-state index is 12.9. The fourth-order valence-electron chi connectivity index (χ4n) is 2.91. The first-order chi connectivity index (χ1) is 14.6. The number of hydrazine groups is 1. The number of aromatic nitrogens is 1. The minimum atomic E-state index is -0.307. The van der Waals surface area contributed by atoms with Gasteiger partial charge in [-0.2, -0.15) is 0 Å². The number of para-hydroxylation sites is 1. The van der Waals surface area contributed by atoms with Crippen molar-refractivity contribution in [2.24, 2.45) is 0 Å². The van der Waals surface area contributed by atoms with E-state index in [2.05, 4.69) is 10.3 Å². The summed E-state index contributed by atoms with van der Waals surface area (Å²) in [5.41, 5.74) is 0.696. The summed E-state index contributed by atoms with van der Waals surface area (Å²) in [5.74, 6) is 0.0324. The van der Waals surface area contributed by atoms with E-state index in [1.165, 1.54) is 23.1 Å². The van der Waals surface area contributed by atoms with E-state index in [4.69, 9.17) is 21.7 Å². The zero-order valence-electron chi connectivity index (χ0n) is 15.8. The number of hydrogen-bond acceptors (Lipinski definition) is 9. The average molecular weight is 463 g/mol. The predicted octanol–water partition coefficient (Wildman–Crippen LogP) is 2.61. The van der Waals surface area contributed by atoms with Crippen molar-refractivity contribution in [2.75, 3.05) is 38.2 Å². The first-order valence-electron chi connectivity index (χ1n) is 9.13. The quantitative estimate of drug-likeness (QED) is 0.518. The fourth-order valence-corrected chi connectivity index (χ4v) is 4.76. The Morgan fingerprint density at radius 1 is 1.33 bits per heavy atom. The van der Waals surface area contributed by atoms with Gasteiger partial charge in [-0.05, 0) is 12.1 Å². The van der Waals surface area contributed by atoms with Crippen molar-refractivity contribution < 1.29 is 19.1 Å². The minimum Gasteiger partial charge on any atom is -0.483 e. The third kappa shape index (κ3) is 4.87. The number of amides is 2. The molecule has 2 aliphatic rings. The third-order valence-electron chi connectivity index (χ3n) is 4.29. The van der Waals surface area contributed by atoms with Crippen molar-refractivity contribution in [1.82, 2.24) is 15.0 Å². The molecule has 2 aromatic rings. The van der Waals surface area contributed by atoms with E-state index in [1.807, 2.05) is 23.2 Å². The maximum Gasteiger partial charge on any atom is 0.280 e. The molecule has 2 saturated heterocycles. The molecule has 0 radical (unpaired) electrons. The van der Waals surface area contributed by atoms with Crippen molar-refractivity contribution in [3.8, 4) is 5.75 Å². The lowest BCUT2D eigenvalue weighted by molar-refractivity contribution is -0.138. The average Bonchev–Trinajstić information content (AvgIpc) is 3.35. The number of thioether (sulfide) groups is 1. The molecule has 0 spiro atoms. The van der Waals surface area contributed by atoms with E-state index in [0.29, 0.717) is 52.0 Å². The van der Waals surface area contributed by atoms with Crippen LogP contribution in [0.4, 0.5) is 5.13 Å². The first-order valence-corrected chi connectivity index (χ1v) is 11.2. The molecule has 8 nitrogen and oxygen atoms in total. The summed E-state index contributed by atoms with van der Waals surface area (Å²) in [5, 5.41) is 8.42. The van der Waals surface area contributed by atoms with Crippen LogP contribution in [0, 0.1) is 0 Å². The van der Waals surface area contributed by atoms with Gasteiger partial charge in [0.15, 0.2) is 16.1 Å². The topological polar surface area (TPSA) is 84.0 Å². The number of thiocarbonyl (C=S) groups is 1. The molecule has 2 aliphatic heterocycles. The van der Waals surface area contributed by atoms with Gasteiger partial charge in [0, 0.05) is 30.2 Å². The Morgan fingerprint density at radius 3 is 2.90 bits per heavy atom. The summed E-state index contributed by atoms with van der Waals surface area (Å²) in [6.45, 7) is 2.20. The van der Waals surface area contributed by atoms with Crippen LogP contribution < -0.4 is 10.1 Å². The van der Waals surface area contributed by atoms with Gasteiger partial charge in [0.25, 0.3) is 11.8 Å². The van der Waals surface area contributed by atoms with Gasteiger partial charge < -0.3 is 9.47 Å². The Kier molecular flexibility index (Phi) is 6.75. The van der Waals surface area contributed by atoms with Crippen LogP contribution in [0.15, 0.2) is 40.7 Å². The van der Waals surface area contributed by atoms with Crippen LogP contribution in [0.3, 0.4) is 0 Å². The number of hydrogen-bond donors (Lipinski definition) is 1. The van der Waals surface area contributed by atoms with Crippen molar-refractivity contribution in [2.45, 2.75) is 0 Å². The number of thiazole rings is 1. The van der Waals surface area contributed by atoms with Gasteiger partial charge in [-0.3, -0.25) is 14.9 Å². The highest BCUT2D eigenvalue weighted by atomic mass is 32.2.